The van der Waals surface area contributed by atoms with Gasteiger partial charge < -0.3 is 5.32 Å². The van der Waals surface area contributed by atoms with Gasteiger partial charge in [0.15, 0.2) is 0 Å². The van der Waals surface area contributed by atoms with E-state index in [0.717, 1.165) is 18.6 Å². The Labute approximate surface area is 161 Å². The topological polar surface area (TPSA) is 66.5 Å². The summed E-state index contributed by atoms with van der Waals surface area (Å²) in [6.07, 6.45) is -3.04. The van der Waals surface area contributed by atoms with Crippen molar-refractivity contribution < 1.29 is 26.4 Å². The van der Waals surface area contributed by atoms with E-state index in [1.54, 1.807) is 19.1 Å². The third-order valence-electron chi connectivity index (χ3n) is 4.55. The highest BCUT2D eigenvalue weighted by Crippen LogP contribution is 2.30. The number of rotatable bonds is 3. The fourth-order valence-corrected chi connectivity index (χ4v) is 4.78. The fraction of sp³-hybridized carbons (Fsp3) is 0.316. The van der Waals surface area contributed by atoms with Crippen molar-refractivity contribution in [3.8, 4) is 0 Å². The second-order valence-electron chi connectivity index (χ2n) is 6.63. The molecule has 2 aromatic rings. The molecular formula is C19H19F3N2O3S. The maximum absolute atomic E-state index is 12.6. The molecule has 1 N–H and O–H groups in total. The zero-order valence-corrected chi connectivity index (χ0v) is 15.9. The van der Waals surface area contributed by atoms with Gasteiger partial charge >= 0.3 is 6.18 Å². The zero-order chi connectivity index (χ0) is 20.5. The number of sulfonamides is 1. The van der Waals surface area contributed by atoms with Crippen molar-refractivity contribution in [2.45, 2.75) is 25.9 Å². The molecule has 1 fully saturated rings. The Bertz CT molecular complexity index is 986. The Hall–Kier alpha value is -2.55. The van der Waals surface area contributed by atoms with E-state index >= 15 is 0 Å². The van der Waals surface area contributed by atoms with Crippen LogP contribution in [0.2, 0.25) is 0 Å². The van der Waals surface area contributed by atoms with Crippen LogP contribution in [0.1, 0.15) is 34.3 Å². The van der Waals surface area contributed by atoms with Gasteiger partial charge in [-0.15, -0.1) is 0 Å². The first-order valence-corrected chi connectivity index (χ1v) is 10.3. The van der Waals surface area contributed by atoms with E-state index in [9.17, 15) is 26.4 Å². The number of nitrogens with zero attached hydrogens (tertiary/aromatic N) is 1. The summed E-state index contributed by atoms with van der Waals surface area (Å²) in [4.78, 5) is 12.4. The van der Waals surface area contributed by atoms with Crippen LogP contribution in [0, 0.1) is 6.92 Å². The summed E-state index contributed by atoms with van der Waals surface area (Å²) >= 11 is 0. The molecule has 2 aromatic carbocycles. The summed E-state index contributed by atoms with van der Waals surface area (Å²) in [5.41, 5.74) is 0.888. The van der Waals surface area contributed by atoms with Crippen LogP contribution in [0.5, 0.6) is 0 Å². The minimum atomic E-state index is -4.44. The molecular weight excluding hydrogens is 393 g/mol. The number of aryl methyl sites for hydroxylation is 1. The number of nitrogens with one attached hydrogen (secondary N) is 1. The molecule has 0 aromatic heterocycles. The predicted octanol–water partition coefficient (Wildman–Crippen LogP) is 4.20. The number of amides is 1. The standard InChI is InChI=1S/C19H19F3N2O3S/c1-13-12-14(4-9-17(13)24-10-2-3-11-28(24,26)27)18(25)23-16-7-5-15(6-8-16)19(20,21)22/h4-9,12H,2-3,10-11H2,1H3,(H,23,25). The lowest BCUT2D eigenvalue weighted by Crippen LogP contribution is -2.38. The number of halogens is 3. The molecule has 0 spiro atoms. The molecule has 3 rings (SSSR count). The van der Waals surface area contributed by atoms with Gasteiger partial charge in [0.2, 0.25) is 10.0 Å². The maximum Gasteiger partial charge on any atom is 0.416 e. The van der Waals surface area contributed by atoms with Gasteiger partial charge in [0.1, 0.15) is 0 Å². The third kappa shape index (κ3) is 4.30. The highest BCUT2D eigenvalue weighted by molar-refractivity contribution is 7.92. The summed E-state index contributed by atoms with van der Waals surface area (Å²) < 4.78 is 63.7. The van der Waals surface area contributed by atoms with Crippen LogP contribution in [0.15, 0.2) is 42.5 Å². The van der Waals surface area contributed by atoms with Gasteiger partial charge in [-0.05, 0) is 67.8 Å². The molecule has 150 valence electrons. The summed E-state index contributed by atoms with van der Waals surface area (Å²) in [6.45, 7) is 2.12. The number of benzene rings is 2. The number of hydrogen-bond acceptors (Lipinski definition) is 3. The molecule has 5 nitrogen and oxygen atoms in total. The van der Waals surface area contributed by atoms with Gasteiger partial charge in [0.05, 0.1) is 17.0 Å². The van der Waals surface area contributed by atoms with E-state index in [1.807, 2.05) is 0 Å². The van der Waals surface area contributed by atoms with Gasteiger partial charge in [-0.3, -0.25) is 9.10 Å². The molecule has 0 bridgehead atoms. The lowest BCUT2D eigenvalue weighted by atomic mass is 10.1. The summed E-state index contributed by atoms with van der Waals surface area (Å²) in [5.74, 6) is -0.390. The van der Waals surface area contributed by atoms with Crippen molar-refractivity contribution in [3.05, 3.63) is 59.2 Å². The smallest absolute Gasteiger partial charge is 0.322 e. The zero-order valence-electron chi connectivity index (χ0n) is 15.1. The van der Waals surface area contributed by atoms with Crippen LogP contribution in [0.25, 0.3) is 0 Å². The van der Waals surface area contributed by atoms with Gasteiger partial charge in [-0.1, -0.05) is 0 Å². The highest BCUT2D eigenvalue weighted by Gasteiger charge is 2.30. The highest BCUT2D eigenvalue weighted by atomic mass is 32.2. The van der Waals surface area contributed by atoms with Crippen LogP contribution in [0.3, 0.4) is 0 Å². The Morgan fingerprint density at radius 3 is 2.32 bits per heavy atom. The molecule has 1 saturated heterocycles. The Balaban J connectivity index is 1.77. The average molecular weight is 412 g/mol. The van der Waals surface area contributed by atoms with Crippen molar-refractivity contribution >= 4 is 27.3 Å². The molecule has 0 radical (unpaired) electrons. The lowest BCUT2D eigenvalue weighted by molar-refractivity contribution is -0.137. The molecule has 0 aliphatic carbocycles. The monoisotopic (exact) mass is 412 g/mol. The van der Waals surface area contributed by atoms with Crippen LogP contribution in [0.4, 0.5) is 24.5 Å². The van der Waals surface area contributed by atoms with E-state index in [0.29, 0.717) is 24.2 Å². The largest absolute Gasteiger partial charge is 0.416 e. The number of carbonyl (C=O) groups excluding carboxylic acids is 1. The van der Waals surface area contributed by atoms with Crippen LogP contribution >= 0.6 is 0 Å². The molecule has 0 atom stereocenters. The number of alkyl halides is 3. The Morgan fingerprint density at radius 2 is 1.75 bits per heavy atom. The molecule has 1 heterocycles. The predicted molar refractivity (Wildman–Crippen MR) is 101 cm³/mol. The first-order valence-electron chi connectivity index (χ1n) is 8.67. The number of carbonyl (C=O) groups is 1. The number of hydrogen-bond donors (Lipinski definition) is 1. The van der Waals surface area contributed by atoms with Crippen molar-refractivity contribution in [1.82, 2.24) is 0 Å². The first-order chi connectivity index (χ1) is 13.1. The second-order valence-corrected chi connectivity index (χ2v) is 8.64. The van der Waals surface area contributed by atoms with Gasteiger partial charge in [0.25, 0.3) is 5.91 Å². The normalized spacial score (nSPS) is 16.6. The Kier molecular flexibility index (Phi) is 5.38. The summed E-state index contributed by atoms with van der Waals surface area (Å²) in [7, 11) is -3.36. The quantitative estimate of drug-likeness (QED) is 0.822. The molecule has 0 unspecified atom stereocenters. The summed E-state index contributed by atoms with van der Waals surface area (Å²) in [6, 6.07) is 8.81. The maximum atomic E-state index is 12.6. The van der Waals surface area contributed by atoms with E-state index < -0.39 is 27.7 Å². The molecule has 1 aliphatic rings. The van der Waals surface area contributed by atoms with Gasteiger partial charge in [-0.2, -0.15) is 13.2 Å². The van der Waals surface area contributed by atoms with E-state index in [-0.39, 0.29) is 17.0 Å². The van der Waals surface area contributed by atoms with E-state index in [2.05, 4.69) is 5.32 Å². The van der Waals surface area contributed by atoms with E-state index in [4.69, 9.17) is 0 Å². The van der Waals surface area contributed by atoms with Crippen molar-refractivity contribution in [2.24, 2.45) is 0 Å². The van der Waals surface area contributed by atoms with Crippen LogP contribution in [-0.2, 0) is 16.2 Å². The molecule has 9 heteroatoms. The van der Waals surface area contributed by atoms with Gasteiger partial charge in [-0.25, -0.2) is 8.42 Å². The van der Waals surface area contributed by atoms with Crippen molar-refractivity contribution in [1.29, 1.82) is 0 Å². The number of anilines is 2. The average Bonchev–Trinajstić information content (AvgIpc) is 2.61. The molecule has 1 aliphatic heterocycles. The van der Waals surface area contributed by atoms with Crippen LogP contribution < -0.4 is 9.62 Å². The summed E-state index contributed by atoms with van der Waals surface area (Å²) in [5, 5.41) is 2.54. The van der Waals surface area contributed by atoms with Crippen molar-refractivity contribution in [3.63, 3.8) is 0 Å². The fourth-order valence-electron chi connectivity index (χ4n) is 3.08. The lowest BCUT2D eigenvalue weighted by Gasteiger charge is -2.29. The SMILES string of the molecule is Cc1cc(C(=O)Nc2ccc(C(F)(F)F)cc2)ccc1N1CCCCS1(=O)=O. The van der Waals surface area contributed by atoms with Gasteiger partial charge in [0, 0.05) is 17.8 Å². The molecule has 1 amide bonds. The minimum Gasteiger partial charge on any atom is -0.322 e. The second kappa shape index (κ2) is 7.46. The molecule has 0 saturated carbocycles. The third-order valence-corrected chi connectivity index (χ3v) is 6.40. The van der Waals surface area contributed by atoms with Crippen LogP contribution in [-0.4, -0.2) is 26.6 Å². The van der Waals surface area contributed by atoms with E-state index in [1.165, 1.54) is 22.5 Å². The van der Waals surface area contributed by atoms with Crippen molar-refractivity contribution in [2.75, 3.05) is 21.9 Å². The molecule has 28 heavy (non-hydrogen) atoms. The Morgan fingerprint density at radius 1 is 1.07 bits per heavy atom. The minimum absolute atomic E-state index is 0.0998. The first kappa shape index (κ1) is 20.2.